The molecule has 0 aliphatic carbocycles. The van der Waals surface area contributed by atoms with E-state index in [0.717, 1.165) is 25.3 Å². The second kappa shape index (κ2) is 8.81. The van der Waals surface area contributed by atoms with Crippen LogP contribution in [0.5, 0.6) is 5.75 Å². The Morgan fingerprint density at radius 3 is 2.62 bits per heavy atom. The van der Waals surface area contributed by atoms with E-state index in [0.29, 0.717) is 6.04 Å². The average Bonchev–Trinajstić information content (AvgIpc) is 2.66. The van der Waals surface area contributed by atoms with Gasteiger partial charge in [-0.15, -0.1) is 0 Å². The van der Waals surface area contributed by atoms with E-state index in [2.05, 4.69) is 39.5 Å². The molecule has 0 atom stereocenters. The molecule has 0 radical (unpaired) electrons. The molecule has 1 aromatic heterocycles. The van der Waals surface area contributed by atoms with Crippen molar-refractivity contribution >= 4 is 0 Å². The van der Waals surface area contributed by atoms with Gasteiger partial charge in [0.25, 0.3) is 0 Å². The molecule has 1 N–H and O–H groups in total. The molecule has 1 aliphatic heterocycles. The van der Waals surface area contributed by atoms with Crippen LogP contribution in [0.4, 0.5) is 0 Å². The number of para-hydroxylation sites is 1. The Bertz CT molecular complexity index is 609. The van der Waals surface area contributed by atoms with Crippen molar-refractivity contribution in [1.29, 1.82) is 0 Å². The van der Waals surface area contributed by atoms with E-state index < -0.39 is 0 Å². The Balaban J connectivity index is 1.39. The van der Waals surface area contributed by atoms with Crippen LogP contribution in [0.2, 0.25) is 0 Å². The first-order valence-electron chi connectivity index (χ1n) is 8.81. The Labute approximate surface area is 144 Å². The van der Waals surface area contributed by atoms with Gasteiger partial charge in [-0.3, -0.25) is 4.98 Å². The number of ether oxygens (including phenoxy) is 1. The molecule has 1 aromatic carbocycles. The van der Waals surface area contributed by atoms with Crippen molar-refractivity contribution in [2.45, 2.75) is 31.8 Å². The first-order chi connectivity index (χ1) is 11.8. The predicted octanol–water partition coefficient (Wildman–Crippen LogP) is 2.89. The van der Waals surface area contributed by atoms with Crippen molar-refractivity contribution < 1.29 is 4.74 Å². The minimum atomic E-state index is 0.604. The molecule has 0 saturated carbocycles. The summed E-state index contributed by atoms with van der Waals surface area (Å²) in [6.45, 7) is 4.37. The number of benzene rings is 1. The van der Waals surface area contributed by atoms with Crippen LogP contribution >= 0.6 is 0 Å². The van der Waals surface area contributed by atoms with Crippen LogP contribution in [-0.2, 0) is 13.0 Å². The molecule has 128 valence electrons. The predicted molar refractivity (Wildman–Crippen MR) is 97.2 cm³/mol. The lowest BCUT2D eigenvalue weighted by atomic mass is 10.0. The second-order valence-corrected chi connectivity index (χ2v) is 6.41. The first-order valence-corrected chi connectivity index (χ1v) is 8.81. The Kier molecular flexibility index (Phi) is 6.21. The fourth-order valence-corrected chi connectivity index (χ4v) is 3.30. The molecule has 0 bridgehead atoms. The fourth-order valence-electron chi connectivity index (χ4n) is 3.30. The van der Waals surface area contributed by atoms with E-state index in [4.69, 9.17) is 4.74 Å². The van der Waals surface area contributed by atoms with Gasteiger partial charge in [0.15, 0.2) is 0 Å². The summed E-state index contributed by atoms with van der Waals surface area (Å²) < 4.78 is 5.42. The normalized spacial score (nSPS) is 16.2. The topological polar surface area (TPSA) is 37.4 Å². The summed E-state index contributed by atoms with van der Waals surface area (Å²) >= 11 is 0. The SMILES string of the molecule is COc1ccccc1CNC1CCN(CCc2ccncc2)CC1. The van der Waals surface area contributed by atoms with Gasteiger partial charge in [0.2, 0.25) is 0 Å². The number of methoxy groups -OCH3 is 1. The largest absolute Gasteiger partial charge is 0.496 e. The van der Waals surface area contributed by atoms with Crippen molar-refractivity contribution in [3.05, 3.63) is 59.9 Å². The van der Waals surface area contributed by atoms with E-state index in [1.54, 1.807) is 7.11 Å². The number of pyridine rings is 1. The van der Waals surface area contributed by atoms with Crippen molar-refractivity contribution in [2.24, 2.45) is 0 Å². The van der Waals surface area contributed by atoms with Gasteiger partial charge in [-0.2, -0.15) is 0 Å². The zero-order chi connectivity index (χ0) is 16.6. The Morgan fingerprint density at radius 2 is 1.88 bits per heavy atom. The number of hydrogen-bond acceptors (Lipinski definition) is 4. The van der Waals surface area contributed by atoms with E-state index in [1.807, 2.05) is 24.5 Å². The molecule has 1 aliphatic rings. The molecule has 24 heavy (non-hydrogen) atoms. The monoisotopic (exact) mass is 325 g/mol. The molecule has 3 rings (SSSR count). The molecule has 0 amide bonds. The van der Waals surface area contributed by atoms with E-state index in [9.17, 15) is 0 Å². The van der Waals surface area contributed by atoms with Gasteiger partial charge >= 0.3 is 0 Å². The van der Waals surface area contributed by atoms with Crippen molar-refractivity contribution in [2.75, 3.05) is 26.7 Å². The van der Waals surface area contributed by atoms with Crippen LogP contribution in [0, 0.1) is 0 Å². The zero-order valence-electron chi connectivity index (χ0n) is 14.4. The molecule has 2 aromatic rings. The third-order valence-electron chi connectivity index (χ3n) is 4.83. The molecule has 4 nitrogen and oxygen atoms in total. The van der Waals surface area contributed by atoms with Gasteiger partial charge < -0.3 is 15.0 Å². The molecule has 0 unspecified atom stereocenters. The number of rotatable bonds is 7. The van der Waals surface area contributed by atoms with Crippen molar-refractivity contribution in [3.8, 4) is 5.75 Å². The number of piperidine rings is 1. The highest BCUT2D eigenvalue weighted by molar-refractivity contribution is 5.33. The van der Waals surface area contributed by atoms with Crippen LogP contribution in [0.3, 0.4) is 0 Å². The highest BCUT2D eigenvalue weighted by Gasteiger charge is 2.18. The Hall–Kier alpha value is -1.91. The number of nitrogens with one attached hydrogen (secondary N) is 1. The summed E-state index contributed by atoms with van der Waals surface area (Å²) in [5.41, 5.74) is 2.61. The molecule has 4 heteroatoms. The van der Waals surface area contributed by atoms with Gasteiger partial charge in [0.1, 0.15) is 5.75 Å². The number of nitrogens with zero attached hydrogens (tertiary/aromatic N) is 2. The van der Waals surface area contributed by atoms with Crippen LogP contribution < -0.4 is 10.1 Å². The minimum absolute atomic E-state index is 0.604. The number of likely N-dealkylation sites (tertiary alicyclic amines) is 1. The van der Waals surface area contributed by atoms with E-state index >= 15 is 0 Å². The highest BCUT2D eigenvalue weighted by atomic mass is 16.5. The Morgan fingerprint density at radius 1 is 1.12 bits per heavy atom. The summed E-state index contributed by atoms with van der Waals surface area (Å²) in [4.78, 5) is 6.65. The maximum absolute atomic E-state index is 5.42. The quantitative estimate of drug-likeness (QED) is 0.849. The number of aromatic nitrogens is 1. The third-order valence-corrected chi connectivity index (χ3v) is 4.83. The van der Waals surface area contributed by atoms with Crippen LogP contribution in [0.1, 0.15) is 24.0 Å². The lowest BCUT2D eigenvalue weighted by Crippen LogP contribution is -2.42. The summed E-state index contributed by atoms with van der Waals surface area (Å²) in [5.74, 6) is 0.972. The second-order valence-electron chi connectivity index (χ2n) is 6.41. The van der Waals surface area contributed by atoms with Crippen LogP contribution in [0.25, 0.3) is 0 Å². The summed E-state index contributed by atoms with van der Waals surface area (Å²) in [5, 5.41) is 3.69. The summed E-state index contributed by atoms with van der Waals surface area (Å²) in [6, 6.07) is 13.1. The molecule has 1 saturated heterocycles. The summed E-state index contributed by atoms with van der Waals surface area (Å²) in [7, 11) is 1.74. The number of hydrogen-bond donors (Lipinski definition) is 1. The van der Waals surface area contributed by atoms with Gasteiger partial charge in [0.05, 0.1) is 7.11 Å². The van der Waals surface area contributed by atoms with Crippen molar-refractivity contribution in [1.82, 2.24) is 15.2 Å². The maximum Gasteiger partial charge on any atom is 0.123 e. The molecule has 1 fully saturated rings. The lowest BCUT2D eigenvalue weighted by molar-refractivity contribution is 0.199. The van der Waals surface area contributed by atoms with Crippen molar-refractivity contribution in [3.63, 3.8) is 0 Å². The molecular weight excluding hydrogens is 298 g/mol. The highest BCUT2D eigenvalue weighted by Crippen LogP contribution is 2.18. The minimum Gasteiger partial charge on any atom is -0.496 e. The van der Waals surface area contributed by atoms with Gasteiger partial charge in [0, 0.05) is 37.1 Å². The molecular formula is C20H27N3O. The first kappa shape index (κ1) is 16.9. The molecule has 0 spiro atoms. The standard InChI is InChI=1S/C20H27N3O/c1-24-20-5-3-2-4-18(20)16-22-19-9-14-23(15-10-19)13-8-17-6-11-21-12-7-17/h2-7,11-12,19,22H,8-10,13-16H2,1H3. The lowest BCUT2D eigenvalue weighted by Gasteiger charge is -2.32. The smallest absolute Gasteiger partial charge is 0.123 e. The maximum atomic E-state index is 5.42. The average molecular weight is 325 g/mol. The third kappa shape index (κ3) is 4.79. The van der Waals surface area contributed by atoms with E-state index in [1.165, 1.54) is 37.1 Å². The van der Waals surface area contributed by atoms with Gasteiger partial charge in [-0.25, -0.2) is 0 Å². The van der Waals surface area contributed by atoms with Crippen LogP contribution in [0.15, 0.2) is 48.8 Å². The van der Waals surface area contributed by atoms with Gasteiger partial charge in [-0.05, 0) is 56.1 Å². The zero-order valence-corrected chi connectivity index (χ0v) is 14.4. The molecule has 2 heterocycles. The summed E-state index contributed by atoms with van der Waals surface area (Å²) in [6.07, 6.45) is 7.30. The fraction of sp³-hybridized carbons (Fsp3) is 0.450. The van der Waals surface area contributed by atoms with Gasteiger partial charge in [-0.1, -0.05) is 18.2 Å². The van der Waals surface area contributed by atoms with E-state index in [-0.39, 0.29) is 0 Å². The van der Waals surface area contributed by atoms with Crippen LogP contribution in [-0.4, -0.2) is 42.7 Å².